The number of aromatic nitrogens is 7. The molecule has 0 aliphatic carbocycles. The quantitative estimate of drug-likeness (QED) is 0.352. The lowest BCUT2D eigenvalue weighted by Crippen LogP contribution is -2.23. The Hall–Kier alpha value is -4.38. The standard InChI is InChI=1S/C25H25FN8O2/c1-6-10-33-23(35)16-13-27-24(28-15-11-17(26)21-14(2)31-32(5)18(21)12-15)30-22(16)34(33)20-9-7-8-19(29-20)25(3,4)36/h6-9,11-13,36H,1,10H2,2-5H3,(H,27,28,30). The van der Waals surface area contributed by atoms with Crippen LogP contribution in [0.25, 0.3) is 27.8 Å². The third-order valence-electron chi connectivity index (χ3n) is 5.89. The third-order valence-corrected chi connectivity index (χ3v) is 5.89. The van der Waals surface area contributed by atoms with Gasteiger partial charge in [0.05, 0.1) is 28.8 Å². The molecule has 0 aliphatic heterocycles. The first kappa shape index (κ1) is 23.4. The Kier molecular flexibility index (Phi) is 5.44. The van der Waals surface area contributed by atoms with Gasteiger partial charge in [0.2, 0.25) is 5.95 Å². The molecular weight excluding hydrogens is 463 g/mol. The monoisotopic (exact) mass is 488 g/mol. The van der Waals surface area contributed by atoms with Crippen LogP contribution >= 0.6 is 0 Å². The molecule has 0 spiro atoms. The minimum atomic E-state index is -1.18. The topological polar surface area (TPSA) is 116 Å². The predicted octanol–water partition coefficient (Wildman–Crippen LogP) is 3.47. The van der Waals surface area contributed by atoms with Crippen LogP contribution in [0.5, 0.6) is 0 Å². The Morgan fingerprint density at radius 3 is 2.75 bits per heavy atom. The van der Waals surface area contributed by atoms with Crippen LogP contribution in [-0.4, -0.2) is 39.2 Å². The van der Waals surface area contributed by atoms with Gasteiger partial charge < -0.3 is 10.4 Å². The number of aryl methyl sites for hydroxylation is 2. The molecular formula is C25H25FN8O2. The van der Waals surface area contributed by atoms with E-state index in [1.54, 1.807) is 67.5 Å². The van der Waals surface area contributed by atoms with Crippen LogP contribution in [0.4, 0.5) is 16.0 Å². The maximum atomic E-state index is 14.8. The average molecular weight is 489 g/mol. The van der Waals surface area contributed by atoms with Gasteiger partial charge in [0.15, 0.2) is 11.5 Å². The number of hydrogen-bond donors (Lipinski definition) is 2. The van der Waals surface area contributed by atoms with Crippen LogP contribution in [0.3, 0.4) is 0 Å². The lowest BCUT2D eigenvalue weighted by Gasteiger charge is -2.18. The normalized spacial score (nSPS) is 11.9. The van der Waals surface area contributed by atoms with E-state index in [9.17, 15) is 14.3 Å². The Bertz CT molecular complexity index is 1710. The third kappa shape index (κ3) is 3.83. The van der Waals surface area contributed by atoms with E-state index in [1.807, 2.05) is 0 Å². The Morgan fingerprint density at radius 2 is 2.03 bits per heavy atom. The summed E-state index contributed by atoms with van der Waals surface area (Å²) in [5, 5.41) is 18.5. The van der Waals surface area contributed by atoms with Crippen molar-refractivity contribution < 1.29 is 9.50 Å². The predicted molar refractivity (Wildman–Crippen MR) is 135 cm³/mol. The van der Waals surface area contributed by atoms with Gasteiger partial charge >= 0.3 is 0 Å². The molecule has 2 N–H and O–H groups in total. The van der Waals surface area contributed by atoms with E-state index < -0.39 is 11.4 Å². The summed E-state index contributed by atoms with van der Waals surface area (Å²) in [7, 11) is 1.75. The number of benzene rings is 1. The Balaban J connectivity index is 1.66. The molecule has 10 nitrogen and oxygen atoms in total. The molecule has 11 heteroatoms. The van der Waals surface area contributed by atoms with Crippen LogP contribution < -0.4 is 10.9 Å². The summed E-state index contributed by atoms with van der Waals surface area (Å²) < 4.78 is 19.4. The van der Waals surface area contributed by atoms with E-state index in [2.05, 4.69) is 31.9 Å². The first-order valence-corrected chi connectivity index (χ1v) is 11.3. The molecule has 0 amide bonds. The molecule has 0 atom stereocenters. The summed E-state index contributed by atoms with van der Waals surface area (Å²) in [6, 6.07) is 8.29. The lowest BCUT2D eigenvalue weighted by molar-refractivity contribution is 0.0738. The van der Waals surface area contributed by atoms with E-state index in [-0.39, 0.29) is 23.4 Å². The molecule has 0 aliphatic rings. The summed E-state index contributed by atoms with van der Waals surface area (Å²) in [4.78, 5) is 26.6. The Labute approximate surface area is 205 Å². The van der Waals surface area contributed by atoms with Crippen molar-refractivity contribution in [1.82, 2.24) is 34.1 Å². The van der Waals surface area contributed by atoms with Gasteiger partial charge in [-0.2, -0.15) is 10.1 Å². The van der Waals surface area contributed by atoms with Crippen molar-refractivity contribution in [1.29, 1.82) is 0 Å². The molecule has 0 radical (unpaired) electrons. The van der Waals surface area contributed by atoms with Crippen LogP contribution in [-0.2, 0) is 19.2 Å². The molecule has 0 saturated heterocycles. The number of hydrogen-bond acceptors (Lipinski definition) is 7. The zero-order valence-corrected chi connectivity index (χ0v) is 20.3. The van der Waals surface area contributed by atoms with Crippen molar-refractivity contribution in [3.8, 4) is 5.82 Å². The number of pyridine rings is 1. The fraction of sp³-hybridized carbons (Fsp3) is 0.240. The van der Waals surface area contributed by atoms with Gasteiger partial charge in [0.25, 0.3) is 5.56 Å². The van der Waals surface area contributed by atoms with Gasteiger partial charge in [-0.1, -0.05) is 12.1 Å². The molecule has 5 aromatic rings. The van der Waals surface area contributed by atoms with E-state index in [0.29, 0.717) is 39.4 Å². The van der Waals surface area contributed by atoms with E-state index in [0.717, 1.165) is 0 Å². The zero-order chi connectivity index (χ0) is 25.8. The van der Waals surface area contributed by atoms with Crippen LogP contribution in [0.1, 0.15) is 25.2 Å². The summed E-state index contributed by atoms with van der Waals surface area (Å²) in [6.07, 6.45) is 3.02. The molecule has 5 rings (SSSR count). The van der Waals surface area contributed by atoms with Crippen LogP contribution in [0.2, 0.25) is 0 Å². The zero-order valence-electron chi connectivity index (χ0n) is 20.3. The van der Waals surface area contributed by atoms with Gasteiger partial charge in [-0.15, -0.1) is 6.58 Å². The molecule has 0 bridgehead atoms. The van der Waals surface area contributed by atoms with Crippen molar-refractivity contribution in [2.45, 2.75) is 32.9 Å². The van der Waals surface area contributed by atoms with E-state index in [4.69, 9.17) is 0 Å². The van der Waals surface area contributed by atoms with E-state index >= 15 is 0 Å². The van der Waals surface area contributed by atoms with E-state index in [1.165, 1.54) is 16.9 Å². The minimum absolute atomic E-state index is 0.170. The van der Waals surface area contributed by atoms with Crippen molar-refractivity contribution >= 4 is 33.6 Å². The van der Waals surface area contributed by atoms with Crippen molar-refractivity contribution in [3.63, 3.8) is 0 Å². The fourth-order valence-electron chi connectivity index (χ4n) is 4.23. The molecule has 1 aromatic carbocycles. The second kappa shape index (κ2) is 8.38. The number of halogens is 1. The molecule has 0 saturated carbocycles. The fourth-order valence-corrected chi connectivity index (χ4v) is 4.23. The highest BCUT2D eigenvalue weighted by molar-refractivity contribution is 5.86. The highest BCUT2D eigenvalue weighted by Gasteiger charge is 2.22. The summed E-state index contributed by atoms with van der Waals surface area (Å²) in [5.74, 6) is 0.151. The molecule has 4 aromatic heterocycles. The second-order valence-electron chi connectivity index (χ2n) is 9.04. The van der Waals surface area contributed by atoms with Crippen LogP contribution in [0.15, 0.2) is 54.0 Å². The number of anilines is 2. The van der Waals surface area contributed by atoms with Gasteiger partial charge in [0, 0.05) is 18.9 Å². The molecule has 0 unspecified atom stereocenters. The highest BCUT2D eigenvalue weighted by Crippen LogP contribution is 2.27. The number of fused-ring (bicyclic) bond motifs is 2. The summed E-state index contributed by atoms with van der Waals surface area (Å²) >= 11 is 0. The van der Waals surface area contributed by atoms with Crippen molar-refractivity contribution in [3.05, 3.63) is 76.7 Å². The number of nitrogens with zero attached hydrogens (tertiary/aromatic N) is 7. The van der Waals surface area contributed by atoms with Gasteiger partial charge in [-0.05, 0) is 45.0 Å². The second-order valence-corrected chi connectivity index (χ2v) is 9.04. The first-order chi connectivity index (χ1) is 17.1. The molecule has 0 fully saturated rings. The highest BCUT2D eigenvalue weighted by atomic mass is 19.1. The molecule has 36 heavy (non-hydrogen) atoms. The maximum absolute atomic E-state index is 14.8. The van der Waals surface area contributed by atoms with Crippen LogP contribution in [0, 0.1) is 12.7 Å². The van der Waals surface area contributed by atoms with Gasteiger partial charge in [-0.3, -0.25) is 9.48 Å². The Morgan fingerprint density at radius 1 is 1.25 bits per heavy atom. The first-order valence-electron chi connectivity index (χ1n) is 11.3. The van der Waals surface area contributed by atoms with Crippen molar-refractivity contribution in [2.24, 2.45) is 7.05 Å². The molecule has 4 heterocycles. The number of allylic oxidation sites excluding steroid dienone is 1. The summed E-state index contributed by atoms with van der Waals surface area (Å²) in [6.45, 7) is 8.97. The summed E-state index contributed by atoms with van der Waals surface area (Å²) in [5.41, 5.74) is 0.894. The SMILES string of the molecule is C=CCn1c(=O)c2cnc(Nc3cc(F)c4c(C)nn(C)c4c3)nc2n1-c1cccc(C(C)(C)O)n1. The number of nitrogens with one attached hydrogen (secondary N) is 1. The lowest BCUT2D eigenvalue weighted by atomic mass is 10.1. The average Bonchev–Trinajstić information content (AvgIpc) is 3.26. The molecule has 184 valence electrons. The number of rotatable bonds is 6. The van der Waals surface area contributed by atoms with Crippen molar-refractivity contribution in [2.75, 3.05) is 5.32 Å². The largest absolute Gasteiger partial charge is 0.384 e. The maximum Gasteiger partial charge on any atom is 0.278 e. The minimum Gasteiger partial charge on any atom is -0.384 e. The van der Waals surface area contributed by atoms with Gasteiger partial charge in [-0.25, -0.2) is 23.7 Å². The van der Waals surface area contributed by atoms with Gasteiger partial charge in [0.1, 0.15) is 16.8 Å². The smallest absolute Gasteiger partial charge is 0.278 e. The number of aliphatic hydroxyl groups is 1.